The van der Waals surface area contributed by atoms with E-state index in [9.17, 15) is 2.74 Å². The molecule has 0 bridgehead atoms. The number of benzene rings is 7. The highest BCUT2D eigenvalue weighted by molar-refractivity contribution is 6.10. The van der Waals surface area contributed by atoms with Crippen molar-refractivity contribution in [1.82, 2.24) is 19.5 Å². The van der Waals surface area contributed by atoms with Crippen molar-refractivity contribution in [2.75, 3.05) is 0 Å². The molecule has 0 spiro atoms. The third-order valence-corrected chi connectivity index (χ3v) is 8.54. The van der Waals surface area contributed by atoms with Gasteiger partial charge < -0.3 is 4.57 Å². The van der Waals surface area contributed by atoms with E-state index in [1.807, 2.05) is 121 Å². The van der Waals surface area contributed by atoms with Gasteiger partial charge in [-0.2, -0.15) is 0 Å². The van der Waals surface area contributed by atoms with Gasteiger partial charge in [-0.15, -0.1) is 0 Å². The predicted octanol–water partition coefficient (Wildman–Crippen LogP) is 11.3. The largest absolute Gasteiger partial charge is 0.308 e. The average Bonchev–Trinajstić information content (AvgIpc) is 3.63. The van der Waals surface area contributed by atoms with E-state index < -0.39 is 48.3 Å². The molecule has 0 amide bonds. The second-order valence-corrected chi connectivity index (χ2v) is 11.5. The highest BCUT2D eigenvalue weighted by Crippen LogP contribution is 2.41. The Balaban J connectivity index is 1.42. The lowest BCUT2D eigenvalue weighted by Crippen LogP contribution is -2.05. The first kappa shape index (κ1) is 21.3. The molecule has 7 aromatic carbocycles. The highest BCUT2D eigenvalue weighted by Gasteiger charge is 2.22. The van der Waals surface area contributed by atoms with Gasteiger partial charge in [-0.1, -0.05) is 164 Å². The standard InChI is InChI=1S/C45H30N4/c1-4-15-31(16-5-1)32-27-29-35(30-28-32)44-46-43(34-19-8-3-9-20-34)47-45(48-44)42-36(33-17-6-2-7-18-33)23-14-26-41(42)49-39-24-12-10-21-37(39)38-22-11-13-25-40(38)49/h1-30H/i10D,11D,12D,13D,21D,22D,24D,25D. The molecule has 0 radical (unpaired) electrons. The molecule has 0 N–H and O–H groups in total. The Morgan fingerprint density at radius 2 is 0.837 bits per heavy atom. The van der Waals surface area contributed by atoms with E-state index in [1.165, 1.54) is 4.57 Å². The Hall–Kier alpha value is -6.65. The maximum atomic E-state index is 9.19. The molecule has 0 fully saturated rings. The van der Waals surface area contributed by atoms with Gasteiger partial charge in [-0.05, 0) is 40.4 Å². The van der Waals surface area contributed by atoms with Crippen molar-refractivity contribution in [2.45, 2.75) is 0 Å². The Morgan fingerprint density at radius 1 is 0.388 bits per heavy atom. The van der Waals surface area contributed by atoms with E-state index in [0.29, 0.717) is 28.5 Å². The number of hydrogen-bond acceptors (Lipinski definition) is 3. The van der Waals surface area contributed by atoms with Crippen molar-refractivity contribution in [3.8, 4) is 62.1 Å². The first-order chi connectivity index (χ1) is 27.6. The minimum atomic E-state index is -0.509. The maximum absolute atomic E-state index is 9.19. The number of para-hydroxylation sites is 2. The van der Waals surface area contributed by atoms with E-state index in [2.05, 4.69) is 0 Å². The molecular formula is C45H30N4. The first-order valence-electron chi connectivity index (χ1n) is 19.8. The lowest BCUT2D eigenvalue weighted by atomic mass is 9.97. The van der Waals surface area contributed by atoms with Crippen LogP contribution in [0.25, 0.3) is 83.9 Å². The van der Waals surface area contributed by atoms with Crippen molar-refractivity contribution in [3.63, 3.8) is 0 Å². The Morgan fingerprint density at radius 3 is 1.43 bits per heavy atom. The van der Waals surface area contributed by atoms with Gasteiger partial charge in [-0.25, -0.2) is 15.0 Å². The first-order valence-corrected chi connectivity index (χ1v) is 15.8. The van der Waals surface area contributed by atoms with E-state index in [1.54, 1.807) is 12.1 Å². The van der Waals surface area contributed by atoms with Gasteiger partial charge in [0.15, 0.2) is 17.5 Å². The Bertz CT molecular complexity index is 2950. The molecule has 0 unspecified atom stereocenters. The van der Waals surface area contributed by atoms with E-state index in [-0.39, 0.29) is 27.6 Å². The number of rotatable bonds is 6. The summed E-state index contributed by atoms with van der Waals surface area (Å²) >= 11 is 0. The van der Waals surface area contributed by atoms with Crippen LogP contribution >= 0.6 is 0 Å². The third-order valence-electron chi connectivity index (χ3n) is 8.54. The molecule has 0 aliphatic rings. The Labute approximate surface area is 295 Å². The highest BCUT2D eigenvalue weighted by atomic mass is 15.1. The van der Waals surface area contributed by atoms with Crippen LogP contribution in [-0.4, -0.2) is 19.5 Å². The van der Waals surface area contributed by atoms with Gasteiger partial charge >= 0.3 is 0 Å². The second-order valence-electron chi connectivity index (χ2n) is 11.5. The van der Waals surface area contributed by atoms with Gasteiger partial charge in [0.1, 0.15) is 0 Å². The van der Waals surface area contributed by atoms with Gasteiger partial charge in [0.25, 0.3) is 0 Å². The quantitative estimate of drug-likeness (QED) is 0.183. The van der Waals surface area contributed by atoms with Crippen molar-refractivity contribution >= 4 is 21.8 Å². The number of hydrogen-bond donors (Lipinski definition) is 0. The molecule has 0 aliphatic carbocycles. The van der Waals surface area contributed by atoms with E-state index in [4.69, 9.17) is 23.2 Å². The van der Waals surface area contributed by atoms with Gasteiger partial charge in [0.2, 0.25) is 0 Å². The summed E-state index contributed by atoms with van der Waals surface area (Å²) in [6.45, 7) is 0. The number of nitrogens with zero attached hydrogens (tertiary/aromatic N) is 4. The van der Waals surface area contributed by atoms with Gasteiger partial charge in [0, 0.05) is 21.9 Å². The zero-order chi connectivity index (χ0) is 39.5. The van der Waals surface area contributed by atoms with Crippen LogP contribution in [0.4, 0.5) is 0 Å². The molecular weight excluding hydrogens is 597 g/mol. The van der Waals surface area contributed by atoms with Crippen LogP contribution in [0.1, 0.15) is 11.0 Å². The summed E-state index contributed by atoms with van der Waals surface area (Å²) < 4.78 is 72.4. The van der Waals surface area contributed by atoms with Crippen molar-refractivity contribution in [1.29, 1.82) is 0 Å². The lowest BCUT2D eigenvalue weighted by Gasteiger charge is -2.18. The van der Waals surface area contributed by atoms with E-state index >= 15 is 0 Å². The smallest absolute Gasteiger partial charge is 0.166 e. The predicted molar refractivity (Wildman–Crippen MR) is 201 cm³/mol. The van der Waals surface area contributed by atoms with E-state index in [0.717, 1.165) is 27.8 Å². The van der Waals surface area contributed by atoms with Crippen LogP contribution < -0.4 is 0 Å². The fraction of sp³-hybridized carbons (Fsp3) is 0. The molecule has 0 atom stereocenters. The van der Waals surface area contributed by atoms with Crippen LogP contribution in [0.2, 0.25) is 0 Å². The molecule has 0 saturated heterocycles. The van der Waals surface area contributed by atoms with Crippen LogP contribution in [-0.2, 0) is 0 Å². The number of aromatic nitrogens is 4. The summed E-state index contributed by atoms with van der Waals surface area (Å²) in [6.07, 6.45) is 0. The lowest BCUT2D eigenvalue weighted by molar-refractivity contribution is 1.06. The maximum Gasteiger partial charge on any atom is 0.166 e. The van der Waals surface area contributed by atoms with Crippen molar-refractivity contribution in [3.05, 3.63) is 182 Å². The van der Waals surface area contributed by atoms with Gasteiger partial charge in [-0.3, -0.25) is 0 Å². The molecule has 0 aliphatic heterocycles. The molecule has 9 aromatic rings. The molecule has 230 valence electrons. The molecule has 0 saturated carbocycles. The molecule has 4 heteroatoms. The molecule has 2 aromatic heterocycles. The fourth-order valence-electron chi connectivity index (χ4n) is 6.26. The van der Waals surface area contributed by atoms with Crippen LogP contribution in [0, 0.1) is 0 Å². The summed E-state index contributed by atoms with van der Waals surface area (Å²) in [6, 6.07) is 38.9. The SMILES string of the molecule is [2H]c1c([2H])c([2H])c2c(c1[2H])c1c([2H])c([2H])c([2H])c([2H])c1n2-c1cccc(-c2ccccc2)c1-c1nc(-c2ccccc2)nc(-c2ccc(-c3ccccc3)cc2)n1. The molecule has 2 heterocycles. The zero-order valence-corrected chi connectivity index (χ0v) is 26.0. The monoisotopic (exact) mass is 634 g/mol. The molecule has 4 nitrogen and oxygen atoms in total. The summed E-state index contributed by atoms with van der Waals surface area (Å²) in [5, 5.41) is -0.0299. The van der Waals surface area contributed by atoms with Crippen molar-refractivity contribution in [2.24, 2.45) is 0 Å². The average molecular weight is 635 g/mol. The van der Waals surface area contributed by atoms with Crippen LogP contribution in [0.3, 0.4) is 0 Å². The summed E-state index contributed by atoms with van der Waals surface area (Å²) in [5.74, 6) is 1.03. The molecule has 9 rings (SSSR count). The zero-order valence-electron chi connectivity index (χ0n) is 34.0. The summed E-state index contributed by atoms with van der Waals surface area (Å²) in [4.78, 5) is 15.2. The minimum absolute atomic E-state index is 0.00326. The Kier molecular flexibility index (Phi) is 5.29. The van der Waals surface area contributed by atoms with Crippen LogP contribution in [0.5, 0.6) is 0 Å². The topological polar surface area (TPSA) is 43.6 Å². The van der Waals surface area contributed by atoms with Gasteiger partial charge in [0.05, 0.1) is 33.3 Å². The molecule has 49 heavy (non-hydrogen) atoms. The number of fused-ring (bicyclic) bond motifs is 3. The van der Waals surface area contributed by atoms with Crippen molar-refractivity contribution < 1.29 is 11.0 Å². The third kappa shape index (κ3) is 5.16. The minimum Gasteiger partial charge on any atom is -0.308 e. The van der Waals surface area contributed by atoms with Crippen LogP contribution in [0.15, 0.2) is 182 Å². The normalized spacial score (nSPS) is 13.6. The fourth-order valence-corrected chi connectivity index (χ4v) is 6.26. The second kappa shape index (κ2) is 12.2. The summed E-state index contributed by atoms with van der Waals surface area (Å²) in [5.41, 5.74) is 5.85. The summed E-state index contributed by atoms with van der Waals surface area (Å²) in [7, 11) is 0.